The van der Waals surface area contributed by atoms with Crippen molar-refractivity contribution in [3.63, 3.8) is 0 Å². The quantitative estimate of drug-likeness (QED) is 0.0273. The Labute approximate surface area is 578 Å². The van der Waals surface area contributed by atoms with Crippen LogP contribution in [0.1, 0.15) is 460 Å². The van der Waals surface area contributed by atoms with E-state index in [1.807, 2.05) is 0 Å². The molecule has 0 amide bonds. The summed E-state index contributed by atoms with van der Waals surface area (Å²) in [4.78, 5) is 43.8. The van der Waals surface area contributed by atoms with Crippen molar-refractivity contribution in [1.29, 1.82) is 0 Å². The molecule has 93 heavy (non-hydrogen) atoms. The number of ether oxygens (including phenoxy) is 5. The van der Waals surface area contributed by atoms with Gasteiger partial charge in [-0.15, -0.1) is 0 Å². The van der Waals surface area contributed by atoms with E-state index in [-0.39, 0.29) is 30.1 Å². The fraction of sp³-hybridized carbons (Fsp3) is 0.964. The van der Waals surface area contributed by atoms with Gasteiger partial charge in [-0.3, -0.25) is 19.3 Å². The number of carbonyl (C=O) groups is 3. The van der Waals surface area contributed by atoms with E-state index in [1.54, 1.807) is 0 Å². The summed E-state index contributed by atoms with van der Waals surface area (Å²) >= 11 is 0. The fourth-order valence-electron chi connectivity index (χ4n) is 14.3. The molecule has 1 fully saturated rings. The molecule has 0 saturated carbocycles. The van der Waals surface area contributed by atoms with Crippen LogP contribution in [0.2, 0.25) is 0 Å². The van der Waals surface area contributed by atoms with Crippen LogP contribution in [0.15, 0.2) is 0 Å². The first-order valence-corrected chi connectivity index (χ1v) is 41.9. The van der Waals surface area contributed by atoms with Crippen LogP contribution in [0.3, 0.4) is 0 Å². The molecular formula is C83H161NO9. The van der Waals surface area contributed by atoms with Crippen molar-refractivity contribution >= 4 is 17.9 Å². The molecule has 552 valence electrons. The number of hydrogen-bond donors (Lipinski definition) is 1. The molecule has 0 bridgehead atoms. The molecule has 10 nitrogen and oxygen atoms in total. The number of likely N-dealkylation sites (tertiary alicyclic amines) is 1. The molecule has 0 aromatic rings. The van der Waals surface area contributed by atoms with Crippen molar-refractivity contribution in [2.75, 3.05) is 19.7 Å². The summed E-state index contributed by atoms with van der Waals surface area (Å²) in [7, 11) is 0. The van der Waals surface area contributed by atoms with E-state index in [0.717, 1.165) is 161 Å². The minimum Gasteiger partial charge on any atom is -0.465 e. The molecule has 0 radical (unpaired) electrons. The maximum absolute atomic E-state index is 14.1. The van der Waals surface area contributed by atoms with Gasteiger partial charge in [-0.25, -0.2) is 0 Å². The fourth-order valence-corrected chi connectivity index (χ4v) is 14.3. The third-order valence-electron chi connectivity index (χ3n) is 20.3. The summed E-state index contributed by atoms with van der Waals surface area (Å²) in [6.45, 7) is 19.7. The Balaban J connectivity index is 2.93. The summed E-state index contributed by atoms with van der Waals surface area (Å²) in [5, 5.41) is 10.8. The van der Waals surface area contributed by atoms with E-state index >= 15 is 0 Å². The standard InChI is InChI=1S/C83H161NO9/c1-9-17-25-33-40-50-62-76(61-49-31-23-15-7)90-82(67-55-32-24-16-8,68-56-44-36-28-20-12-4)93-80(87)66-54-48-59-71-84-74-75(85)73-78(84)81(88)89-72-60-47-39-43-53-65-79(86)92-83(69-57-45-37-29-21-13-5,70-58-46-38-30-22-14-6)91-77(63-51-41-34-26-18-10-2)64-52-42-35-27-19-11-3/h75-78,85H,9-74H2,1-8H3/t75-,76?,78-,82?/m0/s1. The summed E-state index contributed by atoms with van der Waals surface area (Å²) in [6.07, 6.45) is 68.7. The van der Waals surface area contributed by atoms with Gasteiger partial charge in [-0.2, -0.15) is 0 Å². The second-order valence-electron chi connectivity index (χ2n) is 29.5. The van der Waals surface area contributed by atoms with Crippen LogP contribution in [-0.4, -0.2) is 83.5 Å². The van der Waals surface area contributed by atoms with Crippen LogP contribution in [0.25, 0.3) is 0 Å². The zero-order valence-corrected chi connectivity index (χ0v) is 63.6. The normalized spacial score (nSPS) is 15.5. The van der Waals surface area contributed by atoms with Crippen LogP contribution in [-0.2, 0) is 38.1 Å². The smallest absolute Gasteiger partial charge is 0.323 e. The van der Waals surface area contributed by atoms with E-state index in [0.29, 0.717) is 39.0 Å². The van der Waals surface area contributed by atoms with E-state index in [4.69, 9.17) is 23.7 Å². The molecule has 1 aliphatic heterocycles. The van der Waals surface area contributed by atoms with E-state index < -0.39 is 23.7 Å². The van der Waals surface area contributed by atoms with Gasteiger partial charge in [0.1, 0.15) is 6.04 Å². The number of hydrogen-bond acceptors (Lipinski definition) is 10. The third-order valence-corrected chi connectivity index (χ3v) is 20.3. The molecule has 0 spiro atoms. The zero-order chi connectivity index (χ0) is 67.8. The lowest BCUT2D eigenvalue weighted by atomic mass is 9.97. The number of nitrogens with zero attached hydrogens (tertiary/aromatic N) is 1. The molecule has 0 aromatic heterocycles. The van der Waals surface area contributed by atoms with E-state index in [1.165, 1.54) is 225 Å². The number of carbonyl (C=O) groups excluding carboxylic acids is 3. The molecular weight excluding hydrogens is 1150 g/mol. The number of aliphatic hydroxyl groups is 1. The van der Waals surface area contributed by atoms with Crippen molar-refractivity contribution in [2.24, 2.45) is 0 Å². The average Bonchev–Trinajstić information content (AvgIpc) is 2.87. The average molecular weight is 1320 g/mol. The topological polar surface area (TPSA) is 121 Å². The Morgan fingerprint density at radius 3 is 0.968 bits per heavy atom. The molecule has 0 aromatic carbocycles. The highest BCUT2D eigenvalue weighted by Gasteiger charge is 2.40. The summed E-state index contributed by atoms with van der Waals surface area (Å²) < 4.78 is 34.0. The van der Waals surface area contributed by atoms with Crippen LogP contribution in [0, 0.1) is 0 Å². The van der Waals surface area contributed by atoms with Crippen LogP contribution in [0.4, 0.5) is 0 Å². The lowest BCUT2D eigenvalue weighted by Gasteiger charge is -2.37. The molecule has 4 atom stereocenters. The minimum absolute atomic E-state index is 0.103. The third kappa shape index (κ3) is 51.1. The number of esters is 3. The molecule has 1 N–H and O–H groups in total. The van der Waals surface area contributed by atoms with Gasteiger partial charge in [-0.1, -0.05) is 338 Å². The monoisotopic (exact) mass is 1320 g/mol. The highest BCUT2D eigenvalue weighted by atomic mass is 16.7. The molecule has 1 heterocycles. The number of β-amino-alcohol motifs (C(OH)–C–C–N with tert-alkyl or cyclic N) is 1. The maximum atomic E-state index is 14.1. The number of aliphatic hydroxyl groups excluding tert-OH is 1. The predicted molar refractivity (Wildman–Crippen MR) is 396 cm³/mol. The SMILES string of the molecule is CCCCCCCCC(CCCCCC)OC(CCCCCC)(CCCCCCCC)OC(=O)CCCCCN1C[C@@H](O)C[C@H]1C(=O)OCCCCCCCC(=O)OC(CCCCCCCC)(CCCCCCCC)OC(CCCCCCCC)CCCCCCCC. The maximum Gasteiger partial charge on any atom is 0.323 e. The summed E-state index contributed by atoms with van der Waals surface area (Å²) in [6, 6.07) is -0.450. The first-order chi connectivity index (χ1) is 45.5. The molecule has 1 saturated heterocycles. The Bertz CT molecular complexity index is 1600. The Morgan fingerprint density at radius 2 is 0.624 bits per heavy atom. The minimum atomic E-state index is -0.866. The van der Waals surface area contributed by atoms with Crippen LogP contribution in [0.5, 0.6) is 0 Å². The van der Waals surface area contributed by atoms with Gasteiger partial charge < -0.3 is 28.8 Å². The van der Waals surface area contributed by atoms with Crippen molar-refractivity contribution in [1.82, 2.24) is 4.90 Å². The van der Waals surface area contributed by atoms with Crippen molar-refractivity contribution in [3.05, 3.63) is 0 Å². The molecule has 0 aliphatic carbocycles. The second-order valence-corrected chi connectivity index (χ2v) is 29.5. The summed E-state index contributed by atoms with van der Waals surface area (Å²) in [5.41, 5.74) is 0. The Kier molecular flexibility index (Phi) is 62.3. The Hall–Kier alpha value is -1.75. The van der Waals surface area contributed by atoms with Crippen LogP contribution < -0.4 is 0 Å². The second kappa shape index (κ2) is 64.9. The number of unbranched alkanes of at least 4 members (excludes halogenated alkanes) is 42. The van der Waals surface area contributed by atoms with Gasteiger partial charge in [-0.05, 0) is 83.6 Å². The van der Waals surface area contributed by atoms with E-state index in [2.05, 4.69) is 60.3 Å². The highest BCUT2D eigenvalue weighted by molar-refractivity contribution is 5.76. The lowest BCUT2D eigenvalue weighted by molar-refractivity contribution is -0.260. The molecule has 10 heteroatoms. The van der Waals surface area contributed by atoms with Crippen LogP contribution >= 0.6 is 0 Å². The number of rotatable bonds is 73. The van der Waals surface area contributed by atoms with Gasteiger partial charge in [0.15, 0.2) is 0 Å². The lowest BCUT2D eigenvalue weighted by Crippen LogP contribution is -2.42. The predicted octanol–water partition coefficient (Wildman–Crippen LogP) is 25.6. The molecule has 1 aliphatic rings. The van der Waals surface area contributed by atoms with Crippen molar-refractivity contribution < 1.29 is 43.2 Å². The largest absolute Gasteiger partial charge is 0.465 e. The Morgan fingerprint density at radius 1 is 0.355 bits per heavy atom. The van der Waals surface area contributed by atoms with Gasteiger partial charge in [0, 0.05) is 51.5 Å². The van der Waals surface area contributed by atoms with Crippen molar-refractivity contribution in [3.8, 4) is 0 Å². The van der Waals surface area contributed by atoms with Gasteiger partial charge >= 0.3 is 17.9 Å². The first-order valence-electron chi connectivity index (χ1n) is 41.9. The van der Waals surface area contributed by atoms with Crippen molar-refractivity contribution in [2.45, 2.75) is 496 Å². The molecule has 1 rings (SSSR count). The first kappa shape index (κ1) is 89.3. The van der Waals surface area contributed by atoms with Gasteiger partial charge in [0.05, 0.1) is 24.9 Å². The summed E-state index contributed by atoms with van der Waals surface area (Å²) in [5.74, 6) is -2.20. The van der Waals surface area contributed by atoms with E-state index in [9.17, 15) is 19.5 Å². The van der Waals surface area contributed by atoms with Gasteiger partial charge in [0.2, 0.25) is 11.6 Å². The zero-order valence-electron chi connectivity index (χ0n) is 63.6. The highest BCUT2D eigenvalue weighted by Crippen LogP contribution is 2.36. The molecule has 2 unspecified atom stereocenters. The van der Waals surface area contributed by atoms with Gasteiger partial charge in [0.25, 0.3) is 0 Å².